The number of aliphatic carboxylic acids is 2. The molecule has 0 aliphatic carbocycles. The van der Waals surface area contributed by atoms with E-state index in [0.29, 0.717) is 0 Å². The number of unbranched alkanes of at least 4 members (excludes halogenated alkanes) is 24. The van der Waals surface area contributed by atoms with Crippen molar-refractivity contribution in [1.29, 1.82) is 0 Å². The third kappa shape index (κ3) is 63.7. The van der Waals surface area contributed by atoms with Crippen molar-refractivity contribution in [3.63, 3.8) is 0 Å². The normalized spacial score (nSPS) is 10.1. The Morgan fingerprint density at radius 2 is 0.561 bits per heavy atom. The van der Waals surface area contributed by atoms with Gasteiger partial charge in [0.25, 0.3) is 0 Å². The second-order valence-corrected chi connectivity index (χ2v) is 11.0. The van der Waals surface area contributed by atoms with Crippen LogP contribution in [0.25, 0.3) is 0 Å². The molecule has 0 aliphatic rings. The van der Waals surface area contributed by atoms with Crippen LogP contribution in [0.1, 0.15) is 194 Å². The molecule has 0 bridgehead atoms. The van der Waals surface area contributed by atoms with E-state index >= 15 is 0 Å². The van der Waals surface area contributed by atoms with E-state index in [-0.39, 0.29) is 29.3 Å². The molecule has 0 saturated heterocycles. The molecule has 0 N–H and O–H groups in total. The fourth-order valence-electron chi connectivity index (χ4n) is 4.57. The van der Waals surface area contributed by atoms with Gasteiger partial charge in [0, 0.05) is 11.9 Å². The molecule has 0 saturated carbocycles. The van der Waals surface area contributed by atoms with Crippen molar-refractivity contribution in [2.24, 2.45) is 0 Å². The zero-order valence-corrected chi connectivity index (χ0v) is 27.4. The van der Waals surface area contributed by atoms with Crippen molar-refractivity contribution >= 4 is 19.5 Å². The second-order valence-electron chi connectivity index (χ2n) is 11.0. The number of hydrogen-bond acceptors (Lipinski definition) is 4. The molecule has 248 valence electrons. The number of carbonyl (C=O) groups is 2. The summed E-state index contributed by atoms with van der Waals surface area (Å²) in [7, 11) is -3.67. The standard InChI is InChI=1S/2C16H32O2.BF3.Ni/c2*1-2-3-4-5-6-7-8-9-10-11-12-13-14-15-16(17)18;2-1(3)4;/h2*2-15H2,1H3,(H,17,18);;/q;;;+2/p-2. The molecule has 0 aromatic rings. The maximum Gasteiger partial charge on any atom is 2.00 e. The van der Waals surface area contributed by atoms with Gasteiger partial charge < -0.3 is 19.8 Å². The first-order valence-electron chi connectivity index (χ1n) is 16.6. The topological polar surface area (TPSA) is 80.3 Å². The summed E-state index contributed by atoms with van der Waals surface area (Å²) >= 11 is 0. The molecule has 0 unspecified atom stereocenters. The minimum Gasteiger partial charge on any atom is -0.550 e. The first-order chi connectivity index (χ1) is 19.3. The Labute approximate surface area is 261 Å². The van der Waals surface area contributed by atoms with Crippen LogP contribution < -0.4 is 10.2 Å². The van der Waals surface area contributed by atoms with Gasteiger partial charge in [-0.2, -0.15) is 0 Å². The number of carboxylic acid groups (broad SMARTS) is 2. The third-order valence-corrected chi connectivity index (χ3v) is 6.97. The number of halogens is 3. The summed E-state index contributed by atoms with van der Waals surface area (Å²) in [5.41, 5.74) is 0. The molecule has 0 aromatic carbocycles. The second kappa shape index (κ2) is 43.7. The summed E-state index contributed by atoms with van der Waals surface area (Å²) in [6, 6.07) is 0. The minimum absolute atomic E-state index is 0. The van der Waals surface area contributed by atoms with Crippen molar-refractivity contribution in [2.75, 3.05) is 0 Å². The average Bonchev–Trinajstić information content (AvgIpc) is 2.89. The molecule has 0 radical (unpaired) electrons. The van der Waals surface area contributed by atoms with Crippen LogP contribution in [0, 0.1) is 0 Å². The molecule has 0 aliphatic heterocycles. The van der Waals surface area contributed by atoms with Crippen LogP contribution >= 0.6 is 0 Å². The van der Waals surface area contributed by atoms with Crippen LogP contribution in [-0.2, 0) is 26.1 Å². The molecule has 0 rings (SSSR count). The van der Waals surface area contributed by atoms with Gasteiger partial charge in [0.1, 0.15) is 0 Å². The van der Waals surface area contributed by atoms with E-state index in [1.165, 1.54) is 141 Å². The van der Waals surface area contributed by atoms with Crippen LogP contribution in [0.5, 0.6) is 0 Å². The van der Waals surface area contributed by atoms with Crippen molar-refractivity contribution in [1.82, 2.24) is 0 Å². The van der Waals surface area contributed by atoms with Crippen molar-refractivity contribution < 1.29 is 49.2 Å². The van der Waals surface area contributed by atoms with Crippen LogP contribution in [0.15, 0.2) is 0 Å². The van der Waals surface area contributed by atoms with Gasteiger partial charge in [0.05, 0.1) is 0 Å². The van der Waals surface area contributed by atoms with Crippen molar-refractivity contribution in [2.45, 2.75) is 194 Å². The Morgan fingerprint density at radius 3 is 0.707 bits per heavy atom. The summed E-state index contributed by atoms with van der Waals surface area (Å²) in [4.78, 5) is 20.4. The molecule has 0 aromatic heterocycles. The fourth-order valence-corrected chi connectivity index (χ4v) is 4.57. The molecule has 0 amide bonds. The number of carbonyl (C=O) groups excluding carboxylic acids is 2. The summed E-state index contributed by atoms with van der Waals surface area (Å²) in [5.74, 6) is -1.81. The molecular weight excluding hydrogens is 575 g/mol. The summed E-state index contributed by atoms with van der Waals surface area (Å²) in [6.07, 6.45) is 33.9. The third-order valence-electron chi connectivity index (χ3n) is 6.97. The Balaban J connectivity index is -0.000000288. The fraction of sp³-hybridized carbons (Fsp3) is 0.938. The molecule has 0 heterocycles. The first-order valence-corrected chi connectivity index (χ1v) is 16.6. The van der Waals surface area contributed by atoms with E-state index in [0.717, 1.165) is 25.7 Å². The van der Waals surface area contributed by atoms with Gasteiger partial charge in [-0.05, 0) is 25.7 Å². The van der Waals surface area contributed by atoms with Gasteiger partial charge in [-0.15, -0.1) is 0 Å². The summed E-state index contributed by atoms with van der Waals surface area (Å²) in [5, 5.41) is 20.4. The smallest absolute Gasteiger partial charge is 0.550 e. The summed E-state index contributed by atoms with van der Waals surface area (Å²) < 4.78 is 29.0. The van der Waals surface area contributed by atoms with E-state index < -0.39 is 19.5 Å². The van der Waals surface area contributed by atoms with Crippen molar-refractivity contribution in [3.8, 4) is 0 Å². The zero-order chi connectivity index (χ0) is 30.5. The minimum atomic E-state index is -3.67. The maximum absolute atomic E-state index is 10.2. The molecule has 0 spiro atoms. The molecule has 4 nitrogen and oxygen atoms in total. The zero-order valence-electron chi connectivity index (χ0n) is 26.5. The number of carboxylic acids is 2. The maximum atomic E-state index is 10.2. The van der Waals surface area contributed by atoms with Gasteiger partial charge in [-0.3, -0.25) is 12.9 Å². The molecule has 0 fully saturated rings. The van der Waals surface area contributed by atoms with Crippen LogP contribution in [0.3, 0.4) is 0 Å². The van der Waals surface area contributed by atoms with Gasteiger partial charge in [-0.25, -0.2) is 0 Å². The largest absolute Gasteiger partial charge is 2.00 e. The first kappa shape index (κ1) is 47.2. The van der Waals surface area contributed by atoms with E-state index in [4.69, 9.17) is 0 Å². The van der Waals surface area contributed by atoms with Crippen molar-refractivity contribution in [3.05, 3.63) is 0 Å². The number of hydrogen-bond donors (Lipinski definition) is 0. The predicted molar refractivity (Wildman–Crippen MR) is 160 cm³/mol. The van der Waals surface area contributed by atoms with Gasteiger partial charge in [0.15, 0.2) is 0 Å². The Hall–Kier alpha value is -0.712. The summed E-state index contributed by atoms with van der Waals surface area (Å²) in [6.45, 7) is 4.51. The van der Waals surface area contributed by atoms with E-state index in [1.54, 1.807) is 0 Å². The van der Waals surface area contributed by atoms with Crippen LogP contribution in [0.2, 0.25) is 0 Å². The van der Waals surface area contributed by atoms with Crippen LogP contribution in [-0.4, -0.2) is 19.5 Å². The van der Waals surface area contributed by atoms with E-state index in [1.807, 2.05) is 0 Å². The van der Waals surface area contributed by atoms with Gasteiger partial charge >= 0.3 is 24.0 Å². The Bertz CT molecular complexity index is 461. The SMILES string of the molecule is CCCCCCCCCCCCCCCC(=O)[O-].CCCCCCCCCCCCCCCC(=O)[O-].FB(F)F.[Ni+2]. The predicted octanol–water partition coefficient (Wildman–Crippen LogP) is 9.31. The van der Waals surface area contributed by atoms with Gasteiger partial charge in [-0.1, -0.05) is 168 Å². The van der Waals surface area contributed by atoms with E-state index in [9.17, 15) is 32.7 Å². The molecular formula is C32H62BF3NiO4. The Kier molecular flexibility index (Phi) is 50.4. The average molecular weight is 637 g/mol. The van der Waals surface area contributed by atoms with Gasteiger partial charge in [0.2, 0.25) is 0 Å². The molecule has 41 heavy (non-hydrogen) atoms. The van der Waals surface area contributed by atoms with E-state index in [2.05, 4.69) is 13.8 Å². The van der Waals surface area contributed by atoms with Crippen LogP contribution in [0.4, 0.5) is 12.9 Å². The molecule has 0 atom stereocenters. The Morgan fingerprint density at radius 1 is 0.415 bits per heavy atom. The number of rotatable bonds is 28. The quantitative estimate of drug-likeness (QED) is 0.0633. The monoisotopic (exact) mass is 636 g/mol. The molecule has 9 heteroatoms.